The Labute approximate surface area is 82.3 Å². The quantitative estimate of drug-likeness (QED) is 0.525. The Hall–Kier alpha value is 0.920. The molecule has 0 aliphatic rings. The fraction of sp³-hybridized carbons (Fsp3) is 0.667. The van der Waals surface area contributed by atoms with Gasteiger partial charge in [-0.3, -0.25) is 0 Å². The van der Waals surface area contributed by atoms with E-state index in [9.17, 15) is 4.79 Å². The summed E-state index contributed by atoms with van der Waals surface area (Å²) in [6.45, 7) is 0. The van der Waals surface area contributed by atoms with Gasteiger partial charge in [0, 0.05) is 0 Å². The summed E-state index contributed by atoms with van der Waals surface area (Å²) in [5, 5.41) is 0. The van der Waals surface area contributed by atoms with Crippen LogP contribution in [0.25, 0.3) is 0 Å². The highest BCUT2D eigenvalue weighted by atomic mass is 35.6. The van der Waals surface area contributed by atoms with Crippen molar-refractivity contribution < 1.29 is 9.53 Å². The zero-order chi connectivity index (χ0) is 8.36. The molecule has 0 aliphatic carbocycles. The van der Waals surface area contributed by atoms with Gasteiger partial charge in [-0.25, -0.2) is 4.79 Å². The van der Waals surface area contributed by atoms with Crippen molar-refractivity contribution in [2.24, 2.45) is 0 Å². The van der Waals surface area contributed by atoms with Crippen LogP contribution >= 0.6 is 58.0 Å². The number of halogens is 5. The molecule has 0 saturated heterocycles. The molecule has 0 fully saturated rings. The lowest BCUT2D eigenvalue weighted by molar-refractivity contribution is -0.142. The van der Waals surface area contributed by atoms with E-state index in [1.807, 2.05) is 0 Å². The van der Waals surface area contributed by atoms with Crippen LogP contribution in [-0.2, 0) is 9.53 Å². The molecule has 0 aromatic rings. The first-order valence-electron chi connectivity index (χ1n) is 1.90. The number of hydrogen-bond donors (Lipinski definition) is 0. The Balaban J connectivity index is 3.81. The normalized spacial score (nSPS) is 11.8. The van der Waals surface area contributed by atoms with E-state index in [-0.39, 0.29) is 0 Å². The molecule has 0 radical (unpaired) electrons. The predicted octanol–water partition coefficient (Wildman–Crippen LogP) is 2.66. The van der Waals surface area contributed by atoms with Crippen molar-refractivity contribution in [3.05, 3.63) is 0 Å². The fourth-order valence-electron chi connectivity index (χ4n) is 0.159. The predicted molar refractivity (Wildman–Crippen MR) is 41.9 cm³/mol. The van der Waals surface area contributed by atoms with Crippen molar-refractivity contribution in [2.45, 2.75) is 8.81 Å². The van der Waals surface area contributed by atoms with Crippen LogP contribution in [-0.4, -0.2) is 14.8 Å². The Kier molecular flexibility index (Phi) is 4.45. The van der Waals surface area contributed by atoms with Crippen molar-refractivity contribution in [1.82, 2.24) is 0 Å². The van der Waals surface area contributed by atoms with E-state index in [0.29, 0.717) is 0 Å². The van der Waals surface area contributed by atoms with Gasteiger partial charge in [0.15, 0.2) is 0 Å². The van der Waals surface area contributed by atoms with E-state index >= 15 is 0 Å². The largest absolute Gasteiger partial charge is 0.413 e. The molecule has 0 aliphatic heterocycles. The highest BCUT2D eigenvalue weighted by molar-refractivity contribution is 6.67. The zero-order valence-electron chi connectivity index (χ0n) is 4.28. The first kappa shape index (κ1) is 10.9. The minimum Gasteiger partial charge on any atom is -0.413 e. The SMILES string of the molecule is O=C(OC(Cl)(Cl)Cl)C(Cl)Cl. The second-order valence-electron chi connectivity index (χ2n) is 1.17. The topological polar surface area (TPSA) is 26.3 Å². The molecule has 0 saturated carbocycles. The van der Waals surface area contributed by atoms with E-state index in [4.69, 9.17) is 58.0 Å². The Morgan fingerprint density at radius 2 is 1.70 bits per heavy atom. The van der Waals surface area contributed by atoms with Crippen LogP contribution in [0.3, 0.4) is 0 Å². The maximum Gasteiger partial charge on any atom is 0.342 e. The number of rotatable bonds is 1. The van der Waals surface area contributed by atoms with Crippen molar-refractivity contribution in [2.75, 3.05) is 0 Å². The average Bonchev–Trinajstić information content (AvgIpc) is 1.60. The van der Waals surface area contributed by atoms with E-state index in [1.165, 1.54) is 0 Å². The number of ether oxygens (including phenoxy) is 1. The van der Waals surface area contributed by atoms with Crippen LogP contribution in [0.2, 0.25) is 0 Å². The first-order valence-corrected chi connectivity index (χ1v) is 3.91. The number of carbonyl (C=O) groups excluding carboxylic acids is 1. The molecule has 0 aromatic carbocycles. The highest BCUT2D eigenvalue weighted by Gasteiger charge is 2.28. The van der Waals surface area contributed by atoms with E-state index in [2.05, 4.69) is 4.74 Å². The summed E-state index contributed by atoms with van der Waals surface area (Å²) in [4.78, 5) is 9.08. The summed E-state index contributed by atoms with van der Waals surface area (Å²) in [6.07, 6.45) is 0. The molecule has 0 aromatic heterocycles. The number of carbonyl (C=O) groups is 1. The van der Waals surface area contributed by atoms with Crippen LogP contribution < -0.4 is 0 Å². The summed E-state index contributed by atoms with van der Waals surface area (Å²) in [7, 11) is 0. The maximum absolute atomic E-state index is 10.4. The van der Waals surface area contributed by atoms with Crippen LogP contribution in [0.4, 0.5) is 0 Å². The first-order chi connectivity index (χ1) is 4.33. The summed E-state index contributed by atoms with van der Waals surface area (Å²) >= 11 is 25.2. The standard InChI is InChI=1S/C3HCl5O2/c4-1(5)2(9)10-3(6,7)8/h1H. The van der Waals surface area contributed by atoms with Gasteiger partial charge in [-0.05, 0) is 34.8 Å². The van der Waals surface area contributed by atoms with Gasteiger partial charge in [0.1, 0.15) is 0 Å². The minimum atomic E-state index is -2.10. The van der Waals surface area contributed by atoms with Gasteiger partial charge in [-0.1, -0.05) is 23.2 Å². The molecule has 0 heterocycles. The lowest BCUT2D eigenvalue weighted by Gasteiger charge is -2.11. The second-order valence-corrected chi connectivity index (χ2v) is 4.44. The van der Waals surface area contributed by atoms with Gasteiger partial charge >= 0.3 is 9.95 Å². The van der Waals surface area contributed by atoms with Crippen molar-refractivity contribution >= 4 is 64.0 Å². The summed E-state index contributed by atoms with van der Waals surface area (Å²) in [6, 6.07) is 0. The van der Waals surface area contributed by atoms with Gasteiger partial charge in [-0.2, -0.15) is 0 Å². The Morgan fingerprint density at radius 1 is 1.30 bits per heavy atom. The molecular formula is C3HCl5O2. The second kappa shape index (κ2) is 4.07. The number of alkyl halides is 5. The van der Waals surface area contributed by atoms with Crippen molar-refractivity contribution in [3.63, 3.8) is 0 Å². The molecule has 7 heteroatoms. The molecule has 2 nitrogen and oxygen atoms in total. The smallest absolute Gasteiger partial charge is 0.342 e. The van der Waals surface area contributed by atoms with Crippen molar-refractivity contribution in [3.8, 4) is 0 Å². The van der Waals surface area contributed by atoms with E-state index < -0.39 is 14.8 Å². The third-order valence-corrected chi connectivity index (χ3v) is 0.982. The highest BCUT2D eigenvalue weighted by Crippen LogP contribution is 2.28. The average molecular weight is 246 g/mol. The minimum absolute atomic E-state index is 0.997. The molecule has 10 heavy (non-hydrogen) atoms. The van der Waals surface area contributed by atoms with Crippen LogP contribution in [0.15, 0.2) is 0 Å². The fourth-order valence-corrected chi connectivity index (χ4v) is 0.476. The maximum atomic E-state index is 10.4. The third-order valence-electron chi connectivity index (χ3n) is 0.394. The monoisotopic (exact) mass is 244 g/mol. The molecule has 0 spiro atoms. The summed E-state index contributed by atoms with van der Waals surface area (Å²) < 4.78 is 1.99. The summed E-state index contributed by atoms with van der Waals surface area (Å²) in [5.41, 5.74) is 0. The van der Waals surface area contributed by atoms with Gasteiger partial charge in [0.25, 0.3) is 0 Å². The Bertz CT molecular complexity index is 127. The van der Waals surface area contributed by atoms with Crippen molar-refractivity contribution in [1.29, 1.82) is 0 Å². The molecule has 0 atom stereocenters. The lowest BCUT2D eigenvalue weighted by atomic mass is 10.8. The van der Waals surface area contributed by atoms with Crippen LogP contribution in [0, 0.1) is 0 Å². The zero-order valence-corrected chi connectivity index (χ0v) is 8.06. The molecular weight excluding hydrogens is 245 g/mol. The molecule has 60 valence electrons. The van der Waals surface area contributed by atoms with Gasteiger partial charge < -0.3 is 4.74 Å². The van der Waals surface area contributed by atoms with E-state index in [1.54, 1.807) is 0 Å². The number of esters is 1. The van der Waals surface area contributed by atoms with Crippen LogP contribution in [0.1, 0.15) is 0 Å². The van der Waals surface area contributed by atoms with Gasteiger partial charge in [-0.15, -0.1) is 0 Å². The van der Waals surface area contributed by atoms with Crippen LogP contribution in [0.5, 0.6) is 0 Å². The molecule has 0 amide bonds. The lowest BCUT2D eigenvalue weighted by Crippen LogP contribution is -2.20. The van der Waals surface area contributed by atoms with E-state index in [0.717, 1.165) is 0 Å². The molecule has 0 rings (SSSR count). The van der Waals surface area contributed by atoms with Gasteiger partial charge in [0.2, 0.25) is 4.84 Å². The third kappa shape index (κ3) is 5.69. The molecule has 0 bridgehead atoms. The molecule has 0 N–H and O–H groups in total. The molecule has 0 unspecified atom stereocenters. The van der Waals surface area contributed by atoms with Gasteiger partial charge in [0.05, 0.1) is 0 Å². The summed E-state index contributed by atoms with van der Waals surface area (Å²) in [5.74, 6) is -0.997. The number of hydrogen-bond acceptors (Lipinski definition) is 2. The Morgan fingerprint density at radius 3 is 1.80 bits per heavy atom.